The number of piperazine rings is 1. The molecule has 0 aromatic heterocycles. The lowest BCUT2D eigenvalue weighted by Gasteiger charge is -2.41. The molecule has 4 rings (SSSR count). The summed E-state index contributed by atoms with van der Waals surface area (Å²) in [6.07, 6.45) is 0.840. The number of hydrogen-bond acceptors (Lipinski definition) is 3. The van der Waals surface area contributed by atoms with Crippen molar-refractivity contribution in [2.45, 2.75) is 19.0 Å². The summed E-state index contributed by atoms with van der Waals surface area (Å²) in [6.45, 7) is 3.38. The summed E-state index contributed by atoms with van der Waals surface area (Å²) in [5.41, 5.74) is 2.55. The molecule has 160 valence electrons. The predicted molar refractivity (Wildman–Crippen MR) is 127 cm³/mol. The number of para-hydroxylation sites is 1. The van der Waals surface area contributed by atoms with E-state index in [4.69, 9.17) is 4.74 Å². The maximum Gasteiger partial charge on any atom is 0.260 e. The Morgan fingerprint density at radius 3 is 2.23 bits per heavy atom. The number of hydrogen-bond donors (Lipinski definition) is 0. The van der Waals surface area contributed by atoms with Crippen LogP contribution >= 0.6 is 15.9 Å². The smallest absolute Gasteiger partial charge is 0.260 e. The van der Waals surface area contributed by atoms with E-state index in [2.05, 4.69) is 69.4 Å². The van der Waals surface area contributed by atoms with E-state index in [0.29, 0.717) is 12.3 Å². The minimum absolute atomic E-state index is 0.0380. The molecular formula is C26H27BrN2O2. The highest BCUT2D eigenvalue weighted by atomic mass is 79.9. The van der Waals surface area contributed by atoms with Crippen molar-refractivity contribution in [3.8, 4) is 5.75 Å². The molecule has 1 amide bonds. The highest BCUT2D eigenvalue weighted by Gasteiger charge is 2.30. The van der Waals surface area contributed by atoms with Crippen LogP contribution in [0.3, 0.4) is 0 Å². The quantitative estimate of drug-likeness (QED) is 0.489. The molecular weight excluding hydrogens is 452 g/mol. The summed E-state index contributed by atoms with van der Waals surface area (Å²) in [4.78, 5) is 17.6. The van der Waals surface area contributed by atoms with Crippen LogP contribution in [-0.4, -0.2) is 48.0 Å². The first-order valence-electron chi connectivity index (χ1n) is 10.7. The normalized spacial score (nSPS) is 16.8. The Balaban J connectivity index is 1.44. The van der Waals surface area contributed by atoms with Gasteiger partial charge in [-0.25, -0.2) is 0 Å². The number of rotatable bonds is 7. The number of carbonyl (C=O) groups excluding carboxylic acids is 1. The first kappa shape index (κ1) is 21.6. The molecule has 0 bridgehead atoms. The average molecular weight is 479 g/mol. The van der Waals surface area contributed by atoms with Crippen molar-refractivity contribution in [3.63, 3.8) is 0 Å². The fourth-order valence-corrected chi connectivity index (χ4v) is 4.48. The van der Waals surface area contributed by atoms with Crippen LogP contribution in [0.15, 0.2) is 89.4 Å². The van der Waals surface area contributed by atoms with Crippen LogP contribution < -0.4 is 4.74 Å². The van der Waals surface area contributed by atoms with Crippen LogP contribution in [0.4, 0.5) is 0 Å². The van der Waals surface area contributed by atoms with Gasteiger partial charge in [-0.2, -0.15) is 0 Å². The number of nitrogens with zero attached hydrogens (tertiary/aromatic N) is 2. The largest absolute Gasteiger partial charge is 0.483 e. The zero-order valence-corrected chi connectivity index (χ0v) is 19.1. The van der Waals surface area contributed by atoms with Gasteiger partial charge in [0.1, 0.15) is 5.75 Å². The van der Waals surface area contributed by atoms with E-state index in [1.54, 1.807) is 0 Å². The number of carbonyl (C=O) groups is 1. The highest BCUT2D eigenvalue weighted by molar-refractivity contribution is 9.10. The van der Waals surface area contributed by atoms with Gasteiger partial charge in [0.05, 0.1) is 4.47 Å². The fourth-order valence-electron chi connectivity index (χ4n) is 4.08. The van der Waals surface area contributed by atoms with Crippen LogP contribution in [0.25, 0.3) is 0 Å². The second-order valence-electron chi connectivity index (χ2n) is 7.87. The van der Waals surface area contributed by atoms with Crippen molar-refractivity contribution in [2.24, 2.45) is 0 Å². The van der Waals surface area contributed by atoms with Gasteiger partial charge < -0.3 is 9.64 Å². The molecule has 0 saturated carbocycles. The SMILES string of the molecule is O=C(COc1ccccc1Br)N1CCN(Cc2ccccc2)C[C@H]1Cc1ccccc1. The Hall–Kier alpha value is -2.63. The molecule has 4 nitrogen and oxygen atoms in total. The zero-order valence-electron chi connectivity index (χ0n) is 17.5. The molecule has 1 aliphatic rings. The maximum absolute atomic E-state index is 13.1. The van der Waals surface area contributed by atoms with E-state index in [1.165, 1.54) is 11.1 Å². The lowest BCUT2D eigenvalue weighted by atomic mass is 10.0. The molecule has 3 aromatic carbocycles. The second-order valence-corrected chi connectivity index (χ2v) is 8.72. The third-order valence-corrected chi connectivity index (χ3v) is 6.29. The Kier molecular flexibility index (Phi) is 7.39. The third kappa shape index (κ3) is 5.96. The van der Waals surface area contributed by atoms with Crippen LogP contribution in [-0.2, 0) is 17.8 Å². The molecule has 1 atom stereocenters. The van der Waals surface area contributed by atoms with Gasteiger partial charge in [0, 0.05) is 32.2 Å². The molecule has 0 N–H and O–H groups in total. The van der Waals surface area contributed by atoms with Crippen LogP contribution in [0.5, 0.6) is 5.75 Å². The molecule has 0 aliphatic carbocycles. The second kappa shape index (κ2) is 10.6. The average Bonchev–Trinajstić information content (AvgIpc) is 2.80. The number of halogens is 1. The summed E-state index contributed by atoms with van der Waals surface area (Å²) in [7, 11) is 0. The first-order valence-corrected chi connectivity index (χ1v) is 11.5. The first-order chi connectivity index (χ1) is 15.2. The molecule has 0 spiro atoms. The minimum atomic E-state index is 0.0380. The summed E-state index contributed by atoms with van der Waals surface area (Å²) < 4.78 is 6.68. The van der Waals surface area contributed by atoms with Gasteiger partial charge in [-0.1, -0.05) is 72.8 Å². The monoisotopic (exact) mass is 478 g/mol. The summed E-state index contributed by atoms with van der Waals surface area (Å²) >= 11 is 3.48. The van der Waals surface area contributed by atoms with E-state index in [-0.39, 0.29) is 18.6 Å². The van der Waals surface area contributed by atoms with E-state index in [9.17, 15) is 4.79 Å². The van der Waals surface area contributed by atoms with Crippen molar-refractivity contribution < 1.29 is 9.53 Å². The standard InChI is InChI=1S/C26H27BrN2O2/c27-24-13-7-8-14-25(24)31-20-26(30)29-16-15-28(18-22-11-5-2-6-12-22)19-23(29)17-21-9-3-1-4-10-21/h1-14,23H,15-20H2/t23-/m1/s1. The summed E-state index contributed by atoms with van der Waals surface area (Å²) in [5.74, 6) is 0.731. The Morgan fingerprint density at radius 1 is 0.871 bits per heavy atom. The van der Waals surface area contributed by atoms with Crippen molar-refractivity contribution >= 4 is 21.8 Å². The van der Waals surface area contributed by atoms with Crippen LogP contribution in [0.2, 0.25) is 0 Å². The topological polar surface area (TPSA) is 32.8 Å². The van der Waals surface area contributed by atoms with Crippen molar-refractivity contribution in [1.29, 1.82) is 0 Å². The predicted octanol–water partition coefficient (Wildman–Crippen LogP) is 4.78. The summed E-state index contributed by atoms with van der Waals surface area (Å²) in [6, 6.07) is 28.7. The molecule has 3 aromatic rings. The van der Waals surface area contributed by atoms with E-state index < -0.39 is 0 Å². The van der Waals surface area contributed by atoms with Crippen molar-refractivity contribution in [1.82, 2.24) is 9.80 Å². The molecule has 5 heteroatoms. The lowest BCUT2D eigenvalue weighted by Crippen LogP contribution is -2.56. The van der Waals surface area contributed by atoms with Crippen LogP contribution in [0.1, 0.15) is 11.1 Å². The van der Waals surface area contributed by atoms with E-state index in [0.717, 1.165) is 30.5 Å². The zero-order chi connectivity index (χ0) is 21.5. The van der Waals surface area contributed by atoms with Crippen LogP contribution in [0, 0.1) is 0 Å². The summed E-state index contributed by atoms with van der Waals surface area (Å²) in [5, 5.41) is 0. The Bertz CT molecular complexity index is 981. The van der Waals surface area contributed by atoms with E-state index in [1.807, 2.05) is 41.3 Å². The number of benzene rings is 3. The molecule has 0 unspecified atom stereocenters. The van der Waals surface area contributed by atoms with Gasteiger partial charge in [0.15, 0.2) is 6.61 Å². The molecule has 1 heterocycles. The third-order valence-electron chi connectivity index (χ3n) is 5.64. The van der Waals surface area contributed by atoms with Gasteiger partial charge >= 0.3 is 0 Å². The molecule has 1 saturated heterocycles. The van der Waals surface area contributed by atoms with Gasteiger partial charge in [-0.15, -0.1) is 0 Å². The number of ether oxygens (including phenoxy) is 1. The molecule has 31 heavy (non-hydrogen) atoms. The molecule has 0 radical (unpaired) electrons. The molecule has 1 fully saturated rings. The Labute approximate surface area is 192 Å². The molecule has 1 aliphatic heterocycles. The lowest BCUT2D eigenvalue weighted by molar-refractivity contribution is -0.138. The minimum Gasteiger partial charge on any atom is -0.483 e. The van der Waals surface area contributed by atoms with Crippen molar-refractivity contribution in [2.75, 3.05) is 26.2 Å². The van der Waals surface area contributed by atoms with E-state index >= 15 is 0 Å². The van der Waals surface area contributed by atoms with Gasteiger partial charge in [-0.05, 0) is 45.6 Å². The maximum atomic E-state index is 13.1. The van der Waals surface area contributed by atoms with Crippen molar-refractivity contribution in [3.05, 3.63) is 101 Å². The Morgan fingerprint density at radius 2 is 1.52 bits per heavy atom. The number of amides is 1. The fraction of sp³-hybridized carbons (Fsp3) is 0.269. The van der Waals surface area contributed by atoms with Gasteiger partial charge in [0.25, 0.3) is 5.91 Å². The van der Waals surface area contributed by atoms with Gasteiger partial charge in [-0.3, -0.25) is 9.69 Å². The van der Waals surface area contributed by atoms with Gasteiger partial charge in [0.2, 0.25) is 0 Å². The highest BCUT2D eigenvalue weighted by Crippen LogP contribution is 2.24.